The van der Waals surface area contributed by atoms with E-state index in [0.29, 0.717) is 12.2 Å². The first-order chi connectivity index (χ1) is 6.88. The molecule has 0 fully saturated rings. The number of ether oxygens (including phenoxy) is 2. The molecule has 1 heterocycles. The number of hydrogen-bond acceptors (Lipinski definition) is 4. The molecule has 0 bridgehead atoms. The van der Waals surface area contributed by atoms with Crippen LogP contribution in [0.4, 0.5) is 0 Å². The summed E-state index contributed by atoms with van der Waals surface area (Å²) in [6.45, 7) is 7.36. The summed E-state index contributed by atoms with van der Waals surface area (Å²) in [7, 11) is 0. The predicted octanol–water partition coefficient (Wildman–Crippen LogP) is 1.59. The van der Waals surface area contributed by atoms with Crippen molar-refractivity contribution in [3.63, 3.8) is 0 Å². The molecule has 0 saturated carbocycles. The van der Waals surface area contributed by atoms with Gasteiger partial charge in [-0.3, -0.25) is 4.79 Å². The average Bonchev–Trinajstić information content (AvgIpc) is 2.10. The Morgan fingerprint density at radius 1 is 1.53 bits per heavy atom. The number of esters is 2. The van der Waals surface area contributed by atoms with E-state index in [9.17, 15) is 9.59 Å². The third-order valence-corrected chi connectivity index (χ3v) is 2.57. The predicted molar refractivity (Wildman–Crippen MR) is 54.1 cm³/mol. The van der Waals surface area contributed by atoms with E-state index in [0.717, 1.165) is 5.57 Å². The SMILES string of the molecule is CCOC(=O)C1=C(C)C(C)(C)OC(=O)C1. The van der Waals surface area contributed by atoms with Crippen molar-refractivity contribution in [1.82, 2.24) is 0 Å². The van der Waals surface area contributed by atoms with Gasteiger partial charge in [0.25, 0.3) is 0 Å². The Morgan fingerprint density at radius 2 is 2.13 bits per heavy atom. The van der Waals surface area contributed by atoms with Gasteiger partial charge in [-0.25, -0.2) is 4.79 Å². The van der Waals surface area contributed by atoms with Gasteiger partial charge in [0.05, 0.1) is 18.6 Å². The molecule has 0 N–H and O–H groups in total. The van der Waals surface area contributed by atoms with Gasteiger partial charge < -0.3 is 9.47 Å². The monoisotopic (exact) mass is 212 g/mol. The Labute approximate surface area is 89.2 Å². The van der Waals surface area contributed by atoms with Crippen LogP contribution in [0.25, 0.3) is 0 Å². The van der Waals surface area contributed by atoms with Crippen LogP contribution in [0, 0.1) is 0 Å². The van der Waals surface area contributed by atoms with E-state index in [1.54, 1.807) is 27.7 Å². The fourth-order valence-electron chi connectivity index (χ4n) is 1.48. The normalized spacial score (nSPS) is 19.9. The van der Waals surface area contributed by atoms with E-state index < -0.39 is 11.6 Å². The Balaban J connectivity index is 3.03. The minimum atomic E-state index is -0.711. The van der Waals surface area contributed by atoms with Crippen molar-refractivity contribution in [1.29, 1.82) is 0 Å². The molecule has 0 atom stereocenters. The van der Waals surface area contributed by atoms with E-state index in [2.05, 4.69) is 0 Å². The van der Waals surface area contributed by atoms with E-state index in [1.807, 2.05) is 0 Å². The third kappa shape index (κ3) is 2.37. The molecule has 15 heavy (non-hydrogen) atoms. The van der Waals surface area contributed by atoms with Crippen LogP contribution >= 0.6 is 0 Å². The molecule has 0 aromatic carbocycles. The smallest absolute Gasteiger partial charge is 0.334 e. The minimum absolute atomic E-state index is 0.00803. The number of carbonyl (C=O) groups is 2. The molecule has 0 aliphatic carbocycles. The van der Waals surface area contributed by atoms with Gasteiger partial charge in [0, 0.05) is 0 Å². The molecule has 4 nitrogen and oxygen atoms in total. The Hall–Kier alpha value is -1.32. The number of hydrogen-bond donors (Lipinski definition) is 0. The zero-order valence-corrected chi connectivity index (χ0v) is 9.55. The van der Waals surface area contributed by atoms with Crippen LogP contribution in [0.2, 0.25) is 0 Å². The summed E-state index contributed by atoms with van der Waals surface area (Å²) >= 11 is 0. The molecule has 0 aromatic rings. The molecule has 1 aliphatic rings. The van der Waals surface area contributed by atoms with Crippen molar-refractivity contribution < 1.29 is 19.1 Å². The van der Waals surface area contributed by atoms with Gasteiger partial charge in [0.1, 0.15) is 5.60 Å². The molecule has 4 heteroatoms. The van der Waals surface area contributed by atoms with Crippen LogP contribution in [0.15, 0.2) is 11.1 Å². The second kappa shape index (κ2) is 4.04. The summed E-state index contributed by atoms with van der Waals surface area (Å²) in [6.07, 6.45) is 0.00803. The van der Waals surface area contributed by atoms with Crippen LogP contribution in [0.3, 0.4) is 0 Å². The maximum absolute atomic E-state index is 11.6. The highest BCUT2D eigenvalue weighted by Crippen LogP contribution is 2.31. The van der Waals surface area contributed by atoms with Gasteiger partial charge in [0.2, 0.25) is 0 Å². The highest BCUT2D eigenvalue weighted by Gasteiger charge is 2.36. The molecule has 0 aromatic heterocycles. The van der Waals surface area contributed by atoms with Crippen LogP contribution < -0.4 is 0 Å². The lowest BCUT2D eigenvalue weighted by Gasteiger charge is -2.32. The van der Waals surface area contributed by atoms with Gasteiger partial charge in [-0.15, -0.1) is 0 Å². The van der Waals surface area contributed by atoms with Gasteiger partial charge in [0.15, 0.2) is 0 Å². The molecular formula is C11H16O4. The molecule has 0 unspecified atom stereocenters. The first-order valence-corrected chi connectivity index (χ1v) is 4.97. The summed E-state index contributed by atoms with van der Waals surface area (Å²) < 4.78 is 10.0. The second-order valence-corrected chi connectivity index (χ2v) is 3.99. The molecule has 0 saturated heterocycles. The number of rotatable bonds is 2. The highest BCUT2D eigenvalue weighted by molar-refractivity contribution is 5.96. The molecule has 1 aliphatic heterocycles. The first kappa shape index (κ1) is 11.8. The fourth-order valence-corrected chi connectivity index (χ4v) is 1.48. The topological polar surface area (TPSA) is 52.6 Å². The van der Waals surface area contributed by atoms with Crippen molar-refractivity contribution in [3.8, 4) is 0 Å². The largest absolute Gasteiger partial charge is 0.463 e. The van der Waals surface area contributed by atoms with E-state index in [4.69, 9.17) is 9.47 Å². The maximum Gasteiger partial charge on any atom is 0.334 e. The summed E-state index contributed by atoms with van der Waals surface area (Å²) in [4.78, 5) is 22.8. The lowest BCUT2D eigenvalue weighted by Crippen LogP contribution is -2.36. The second-order valence-electron chi connectivity index (χ2n) is 3.99. The fraction of sp³-hybridized carbons (Fsp3) is 0.636. The van der Waals surface area contributed by atoms with Gasteiger partial charge >= 0.3 is 11.9 Å². The lowest BCUT2D eigenvalue weighted by molar-refractivity contribution is -0.157. The zero-order chi connectivity index (χ0) is 11.6. The summed E-state index contributed by atoms with van der Waals surface area (Å²) in [6, 6.07) is 0. The van der Waals surface area contributed by atoms with E-state index >= 15 is 0 Å². The minimum Gasteiger partial charge on any atom is -0.463 e. The third-order valence-electron chi connectivity index (χ3n) is 2.57. The van der Waals surface area contributed by atoms with Crippen LogP contribution in [-0.2, 0) is 19.1 Å². The quantitative estimate of drug-likeness (QED) is 0.652. The number of carbonyl (C=O) groups excluding carboxylic acids is 2. The standard InChI is InChI=1S/C11H16O4/c1-5-14-10(13)8-6-9(12)15-11(3,4)7(8)2/h5-6H2,1-4H3. The van der Waals surface area contributed by atoms with Gasteiger partial charge in [-0.2, -0.15) is 0 Å². The lowest BCUT2D eigenvalue weighted by atomic mass is 9.90. The summed E-state index contributed by atoms with van der Waals surface area (Å²) in [5.41, 5.74) is 0.482. The highest BCUT2D eigenvalue weighted by atomic mass is 16.6. The summed E-state index contributed by atoms with van der Waals surface area (Å²) in [5, 5.41) is 0. The number of cyclic esters (lactones) is 1. The molecule has 0 spiro atoms. The average molecular weight is 212 g/mol. The van der Waals surface area contributed by atoms with Gasteiger partial charge in [-0.05, 0) is 33.3 Å². The molecule has 84 valence electrons. The van der Waals surface area contributed by atoms with Crippen molar-refractivity contribution in [3.05, 3.63) is 11.1 Å². The van der Waals surface area contributed by atoms with Crippen molar-refractivity contribution >= 4 is 11.9 Å². The van der Waals surface area contributed by atoms with Crippen molar-refractivity contribution in [2.24, 2.45) is 0 Å². The molecule has 0 amide bonds. The molecule has 0 radical (unpaired) electrons. The van der Waals surface area contributed by atoms with Gasteiger partial charge in [-0.1, -0.05) is 0 Å². The first-order valence-electron chi connectivity index (χ1n) is 4.97. The van der Waals surface area contributed by atoms with E-state index in [-0.39, 0.29) is 12.4 Å². The Bertz CT molecular complexity index is 325. The Kier molecular flexibility index (Phi) is 3.17. The van der Waals surface area contributed by atoms with Crippen LogP contribution in [0.1, 0.15) is 34.1 Å². The zero-order valence-electron chi connectivity index (χ0n) is 9.55. The van der Waals surface area contributed by atoms with Crippen molar-refractivity contribution in [2.75, 3.05) is 6.61 Å². The summed E-state index contributed by atoms with van der Waals surface area (Å²) in [5.74, 6) is -0.798. The Morgan fingerprint density at radius 3 is 2.67 bits per heavy atom. The molecular weight excluding hydrogens is 196 g/mol. The maximum atomic E-state index is 11.6. The van der Waals surface area contributed by atoms with Crippen LogP contribution in [0.5, 0.6) is 0 Å². The molecule has 1 rings (SSSR count). The van der Waals surface area contributed by atoms with E-state index in [1.165, 1.54) is 0 Å². The van der Waals surface area contributed by atoms with Crippen molar-refractivity contribution in [2.45, 2.75) is 39.7 Å². The van der Waals surface area contributed by atoms with Crippen LogP contribution in [-0.4, -0.2) is 24.1 Å².